The van der Waals surface area contributed by atoms with E-state index in [1.807, 2.05) is 40.6 Å². The molecule has 0 saturated carbocycles. The second-order valence-electron chi connectivity index (χ2n) is 7.14. The Labute approximate surface area is 182 Å². The summed E-state index contributed by atoms with van der Waals surface area (Å²) in [5, 5.41) is 14.6. The van der Waals surface area contributed by atoms with Gasteiger partial charge >= 0.3 is 0 Å². The number of nitrogens with zero attached hydrogens (tertiary/aromatic N) is 5. The van der Waals surface area contributed by atoms with Crippen LogP contribution in [0.25, 0.3) is 0 Å². The highest BCUT2D eigenvalue weighted by Gasteiger charge is 2.31. The second-order valence-corrected chi connectivity index (χ2v) is 9.11. The molecule has 1 amide bonds. The molecule has 4 heterocycles. The Balaban J connectivity index is 1.25. The molecular weight excluding hydrogens is 422 g/mol. The van der Waals surface area contributed by atoms with Gasteiger partial charge in [-0.25, -0.2) is 4.68 Å². The van der Waals surface area contributed by atoms with Crippen LogP contribution >= 0.6 is 23.1 Å². The van der Waals surface area contributed by atoms with Crippen LogP contribution in [0.5, 0.6) is 11.5 Å². The number of amides is 1. The van der Waals surface area contributed by atoms with E-state index in [-0.39, 0.29) is 11.9 Å². The molecule has 3 aromatic rings. The van der Waals surface area contributed by atoms with Gasteiger partial charge in [-0.05, 0) is 52.4 Å². The largest absolute Gasteiger partial charge is 0.486 e. The zero-order chi connectivity index (χ0) is 20.3. The lowest BCUT2D eigenvalue weighted by molar-refractivity contribution is -0.129. The number of rotatable bonds is 6. The maximum absolute atomic E-state index is 13.0. The van der Waals surface area contributed by atoms with Crippen molar-refractivity contribution in [1.29, 1.82) is 0 Å². The number of fused-ring (bicyclic) bond motifs is 1. The van der Waals surface area contributed by atoms with Crippen molar-refractivity contribution in [2.24, 2.45) is 0 Å². The van der Waals surface area contributed by atoms with Crippen molar-refractivity contribution in [3.8, 4) is 11.5 Å². The number of hydrogen-bond donors (Lipinski definition) is 0. The van der Waals surface area contributed by atoms with Crippen molar-refractivity contribution in [2.75, 3.05) is 25.5 Å². The van der Waals surface area contributed by atoms with E-state index >= 15 is 0 Å². The van der Waals surface area contributed by atoms with Crippen molar-refractivity contribution < 1.29 is 14.3 Å². The molecule has 1 atom stereocenters. The Kier molecular flexibility index (Phi) is 5.58. The van der Waals surface area contributed by atoms with Crippen LogP contribution in [0.2, 0.25) is 0 Å². The molecule has 1 saturated heterocycles. The number of thiophene rings is 1. The number of tetrazole rings is 1. The first-order chi connectivity index (χ1) is 14.8. The maximum atomic E-state index is 13.0. The predicted octanol–water partition coefficient (Wildman–Crippen LogP) is 3.01. The van der Waals surface area contributed by atoms with Gasteiger partial charge in [0.25, 0.3) is 0 Å². The molecule has 156 valence electrons. The molecule has 2 aromatic heterocycles. The van der Waals surface area contributed by atoms with Gasteiger partial charge in [0.1, 0.15) is 13.2 Å². The highest BCUT2D eigenvalue weighted by atomic mass is 32.2. The lowest BCUT2D eigenvalue weighted by Crippen LogP contribution is -2.32. The molecule has 8 nitrogen and oxygen atoms in total. The van der Waals surface area contributed by atoms with E-state index in [2.05, 4.69) is 15.5 Å². The molecule has 0 N–H and O–H groups in total. The van der Waals surface area contributed by atoms with Crippen LogP contribution < -0.4 is 9.47 Å². The molecule has 30 heavy (non-hydrogen) atoms. The molecule has 10 heteroatoms. The maximum Gasteiger partial charge on any atom is 0.233 e. The number of likely N-dealkylation sites (tertiary alicyclic amines) is 1. The van der Waals surface area contributed by atoms with Gasteiger partial charge in [-0.2, -0.15) is 0 Å². The molecule has 5 rings (SSSR count). The fraction of sp³-hybridized carbons (Fsp3) is 0.400. The third kappa shape index (κ3) is 4.01. The van der Waals surface area contributed by atoms with Gasteiger partial charge < -0.3 is 14.4 Å². The molecule has 1 aromatic carbocycles. The van der Waals surface area contributed by atoms with Gasteiger partial charge in [0.05, 0.1) is 18.3 Å². The van der Waals surface area contributed by atoms with E-state index in [0.717, 1.165) is 36.4 Å². The first-order valence-corrected chi connectivity index (χ1v) is 11.7. The molecular formula is C20H21N5O3S2. The smallest absolute Gasteiger partial charge is 0.233 e. The zero-order valence-corrected chi connectivity index (χ0v) is 17.9. The van der Waals surface area contributed by atoms with Gasteiger partial charge in [-0.3, -0.25) is 4.79 Å². The molecule has 0 bridgehead atoms. The zero-order valence-electron chi connectivity index (χ0n) is 16.3. The molecule has 0 unspecified atom stereocenters. The molecule has 1 fully saturated rings. The standard InChI is InChI=1S/C20H21N5O3S2/c26-19(13-30-20-21-22-23-25(20)12-15-3-2-10-29-15)24-7-1-4-16(24)14-5-6-17-18(11-14)28-9-8-27-17/h2-3,5-6,10-11,16H,1,4,7-9,12-13H2/t16-/m0/s1. The number of benzene rings is 1. The molecule has 0 radical (unpaired) electrons. The lowest BCUT2D eigenvalue weighted by Gasteiger charge is -2.26. The summed E-state index contributed by atoms with van der Waals surface area (Å²) in [5.74, 6) is 1.95. The summed E-state index contributed by atoms with van der Waals surface area (Å²) in [6.07, 6.45) is 1.94. The van der Waals surface area contributed by atoms with E-state index in [9.17, 15) is 4.79 Å². The molecule has 0 aliphatic carbocycles. The third-order valence-electron chi connectivity index (χ3n) is 5.23. The number of hydrogen-bond acceptors (Lipinski definition) is 8. The molecule has 0 spiro atoms. The lowest BCUT2D eigenvalue weighted by atomic mass is 10.0. The molecule has 2 aliphatic rings. The van der Waals surface area contributed by atoms with Crippen LogP contribution in [-0.2, 0) is 11.3 Å². The monoisotopic (exact) mass is 443 g/mol. The Morgan fingerprint density at radius 1 is 1.23 bits per heavy atom. The fourth-order valence-electron chi connectivity index (χ4n) is 3.84. The van der Waals surface area contributed by atoms with Crippen LogP contribution in [0.3, 0.4) is 0 Å². The van der Waals surface area contributed by atoms with Crippen LogP contribution in [0.15, 0.2) is 40.9 Å². The predicted molar refractivity (Wildman–Crippen MR) is 113 cm³/mol. The van der Waals surface area contributed by atoms with Crippen LogP contribution in [0.4, 0.5) is 0 Å². The minimum Gasteiger partial charge on any atom is -0.486 e. The quantitative estimate of drug-likeness (QED) is 0.542. The van der Waals surface area contributed by atoms with Crippen molar-refractivity contribution in [2.45, 2.75) is 30.6 Å². The summed E-state index contributed by atoms with van der Waals surface area (Å²) in [7, 11) is 0. The van der Waals surface area contributed by atoms with Gasteiger partial charge in [0.2, 0.25) is 11.1 Å². The van der Waals surface area contributed by atoms with E-state index in [4.69, 9.17) is 9.47 Å². The topological polar surface area (TPSA) is 82.4 Å². The average molecular weight is 444 g/mol. The summed E-state index contributed by atoms with van der Waals surface area (Å²) >= 11 is 3.05. The summed E-state index contributed by atoms with van der Waals surface area (Å²) in [6.45, 7) is 2.51. The Morgan fingerprint density at radius 2 is 2.13 bits per heavy atom. The Bertz CT molecular complexity index is 1020. The normalized spacial score (nSPS) is 18.0. The van der Waals surface area contributed by atoms with Gasteiger partial charge in [0.15, 0.2) is 11.5 Å². The second kappa shape index (κ2) is 8.65. The number of ether oxygens (including phenoxy) is 2. The molecule has 2 aliphatic heterocycles. The number of carbonyl (C=O) groups is 1. The van der Waals surface area contributed by atoms with Gasteiger partial charge in [0, 0.05) is 11.4 Å². The average Bonchev–Trinajstić information content (AvgIpc) is 3.54. The van der Waals surface area contributed by atoms with Crippen LogP contribution in [0.1, 0.15) is 29.3 Å². The van der Waals surface area contributed by atoms with Crippen molar-refractivity contribution in [3.63, 3.8) is 0 Å². The Morgan fingerprint density at radius 3 is 3.00 bits per heavy atom. The Hall–Kier alpha value is -2.59. The van der Waals surface area contributed by atoms with Crippen molar-refractivity contribution in [1.82, 2.24) is 25.1 Å². The third-order valence-corrected chi connectivity index (χ3v) is 7.04. The van der Waals surface area contributed by atoms with E-state index < -0.39 is 0 Å². The van der Waals surface area contributed by atoms with E-state index in [1.165, 1.54) is 16.6 Å². The minimum atomic E-state index is 0.0658. The van der Waals surface area contributed by atoms with Gasteiger partial charge in [-0.15, -0.1) is 16.4 Å². The minimum absolute atomic E-state index is 0.0658. The number of carbonyl (C=O) groups excluding carboxylic acids is 1. The van der Waals surface area contributed by atoms with Crippen LogP contribution in [-0.4, -0.2) is 56.5 Å². The summed E-state index contributed by atoms with van der Waals surface area (Å²) < 4.78 is 13.1. The highest BCUT2D eigenvalue weighted by Crippen LogP contribution is 2.38. The summed E-state index contributed by atoms with van der Waals surface area (Å²) in [5.41, 5.74) is 1.10. The van der Waals surface area contributed by atoms with E-state index in [0.29, 0.717) is 30.7 Å². The number of thioether (sulfide) groups is 1. The van der Waals surface area contributed by atoms with Crippen molar-refractivity contribution in [3.05, 3.63) is 46.2 Å². The summed E-state index contributed by atoms with van der Waals surface area (Å²) in [6, 6.07) is 10.1. The van der Waals surface area contributed by atoms with Crippen LogP contribution in [0, 0.1) is 0 Å². The first-order valence-electron chi connectivity index (χ1n) is 9.88. The fourth-order valence-corrected chi connectivity index (χ4v) is 5.29. The first kappa shape index (κ1) is 19.4. The summed E-state index contributed by atoms with van der Waals surface area (Å²) in [4.78, 5) is 16.2. The van der Waals surface area contributed by atoms with E-state index in [1.54, 1.807) is 16.0 Å². The van der Waals surface area contributed by atoms with Gasteiger partial charge in [-0.1, -0.05) is 23.9 Å². The number of aromatic nitrogens is 4. The highest BCUT2D eigenvalue weighted by molar-refractivity contribution is 7.99. The SMILES string of the molecule is O=C(CSc1nnnn1Cc1cccs1)N1CCC[C@H]1c1ccc2c(c1)OCCO2. The van der Waals surface area contributed by atoms with Crippen molar-refractivity contribution >= 4 is 29.0 Å².